The fourth-order valence-electron chi connectivity index (χ4n) is 1.04. The van der Waals surface area contributed by atoms with Crippen molar-refractivity contribution in [3.05, 3.63) is 42.9 Å². The summed E-state index contributed by atoms with van der Waals surface area (Å²) in [6.07, 6.45) is 1.41. The first-order valence-electron chi connectivity index (χ1n) is 4.48. The molecule has 3 nitrogen and oxygen atoms in total. The van der Waals surface area contributed by atoms with Gasteiger partial charge in [0.25, 0.3) is 5.91 Å². The van der Waals surface area contributed by atoms with Gasteiger partial charge in [0, 0.05) is 9.85 Å². The Kier molecular flexibility index (Phi) is 4.03. The smallest absolute Gasteiger partial charge is 0.266 e. The number of nitrogens with zero attached hydrogens (tertiary/aromatic N) is 1. The molecule has 7 heteroatoms. The summed E-state index contributed by atoms with van der Waals surface area (Å²) in [5.41, 5.74) is 2.37. The van der Waals surface area contributed by atoms with Gasteiger partial charge in [-0.15, -0.1) is 22.7 Å². The Hall–Kier alpha value is -1.05. The molecule has 0 saturated heterocycles. The van der Waals surface area contributed by atoms with Crippen LogP contribution in [-0.4, -0.2) is 12.1 Å². The maximum absolute atomic E-state index is 12.6. The Bertz CT molecular complexity index is 564. The molecule has 0 atom stereocenters. The van der Waals surface area contributed by atoms with E-state index in [9.17, 15) is 9.18 Å². The average Bonchev–Trinajstić information content (AvgIpc) is 2.88. The minimum atomic E-state index is -0.283. The summed E-state index contributed by atoms with van der Waals surface area (Å²) < 4.78 is 13.5. The highest BCUT2D eigenvalue weighted by molar-refractivity contribution is 9.10. The lowest BCUT2D eigenvalue weighted by Gasteiger charge is -1.93. The van der Waals surface area contributed by atoms with Crippen LogP contribution < -0.4 is 5.43 Å². The minimum Gasteiger partial charge on any atom is -0.266 e. The van der Waals surface area contributed by atoms with Crippen LogP contribution in [0.3, 0.4) is 0 Å². The number of nitrogens with one attached hydrogen (secondary N) is 1. The normalized spacial score (nSPS) is 10.9. The van der Waals surface area contributed by atoms with Crippen molar-refractivity contribution in [2.24, 2.45) is 5.10 Å². The second kappa shape index (κ2) is 5.52. The van der Waals surface area contributed by atoms with Gasteiger partial charge in [-0.05, 0) is 34.1 Å². The maximum Gasteiger partial charge on any atom is 0.281 e. The van der Waals surface area contributed by atoms with Gasteiger partial charge >= 0.3 is 0 Å². The summed E-state index contributed by atoms with van der Waals surface area (Å²) in [6.45, 7) is 0. The number of hydrogen-bond donors (Lipinski definition) is 1. The van der Waals surface area contributed by atoms with Crippen molar-refractivity contribution in [2.75, 3.05) is 0 Å². The van der Waals surface area contributed by atoms with Gasteiger partial charge < -0.3 is 0 Å². The molecule has 2 aromatic heterocycles. The van der Waals surface area contributed by atoms with E-state index in [0.717, 1.165) is 15.8 Å². The van der Waals surface area contributed by atoms with E-state index < -0.39 is 0 Å². The van der Waals surface area contributed by atoms with E-state index in [4.69, 9.17) is 0 Å². The van der Waals surface area contributed by atoms with Crippen molar-refractivity contribution in [3.63, 3.8) is 0 Å². The lowest BCUT2D eigenvalue weighted by Crippen LogP contribution is -2.15. The van der Waals surface area contributed by atoms with Gasteiger partial charge in [-0.3, -0.25) is 4.79 Å². The lowest BCUT2D eigenvalue weighted by molar-refractivity contribution is 0.0959. The number of carbonyl (C=O) groups excluding carboxylic acids is 1. The predicted molar refractivity (Wildman–Crippen MR) is 71.4 cm³/mol. The van der Waals surface area contributed by atoms with Crippen LogP contribution in [0.4, 0.5) is 4.39 Å². The molecule has 0 aliphatic heterocycles. The topological polar surface area (TPSA) is 41.5 Å². The zero-order valence-electron chi connectivity index (χ0n) is 8.31. The molecule has 0 aliphatic carbocycles. The number of hydrogen-bond acceptors (Lipinski definition) is 4. The highest BCUT2D eigenvalue weighted by atomic mass is 79.9. The zero-order chi connectivity index (χ0) is 12.3. The van der Waals surface area contributed by atoms with E-state index in [1.807, 2.05) is 5.38 Å². The third-order valence-corrected chi connectivity index (χ3v) is 4.24. The van der Waals surface area contributed by atoms with Crippen molar-refractivity contribution in [3.8, 4) is 0 Å². The Morgan fingerprint density at radius 1 is 1.53 bits per heavy atom. The first-order chi connectivity index (χ1) is 8.15. The Labute approximate surface area is 113 Å². The molecular weight excluding hydrogens is 327 g/mol. The zero-order valence-corrected chi connectivity index (χ0v) is 11.5. The molecule has 1 N–H and O–H groups in total. The van der Waals surface area contributed by atoms with E-state index in [2.05, 4.69) is 26.5 Å². The molecule has 1 amide bonds. The van der Waals surface area contributed by atoms with E-state index in [0.29, 0.717) is 9.75 Å². The highest BCUT2D eigenvalue weighted by Crippen LogP contribution is 2.19. The number of carbonyl (C=O) groups is 1. The number of hydrazone groups is 1. The highest BCUT2D eigenvalue weighted by Gasteiger charge is 2.06. The van der Waals surface area contributed by atoms with Crippen LogP contribution >= 0.6 is 38.6 Å². The van der Waals surface area contributed by atoms with Gasteiger partial charge in [0.15, 0.2) is 5.13 Å². The van der Waals surface area contributed by atoms with Crippen LogP contribution in [0, 0.1) is 5.13 Å². The summed E-state index contributed by atoms with van der Waals surface area (Å²) in [4.78, 5) is 12.8. The first-order valence-corrected chi connectivity index (χ1v) is 6.97. The summed E-state index contributed by atoms with van der Waals surface area (Å²) >= 11 is 5.55. The molecule has 2 rings (SSSR count). The van der Waals surface area contributed by atoms with Crippen LogP contribution in [0.2, 0.25) is 0 Å². The maximum atomic E-state index is 12.6. The minimum absolute atomic E-state index is 0.278. The SMILES string of the molecule is O=C(N/N=C/c1ccc(F)s1)c1cc(Br)cs1. The second-order valence-electron chi connectivity index (χ2n) is 2.97. The second-order valence-corrected chi connectivity index (χ2v) is 5.86. The molecule has 0 saturated carbocycles. The molecule has 0 aliphatic rings. The molecule has 0 radical (unpaired) electrons. The first kappa shape index (κ1) is 12.4. The van der Waals surface area contributed by atoms with Crippen LogP contribution in [0.15, 0.2) is 33.2 Å². The number of thiophene rings is 2. The number of amides is 1. The molecule has 2 aromatic rings. The fraction of sp³-hybridized carbons (Fsp3) is 0. The third-order valence-electron chi connectivity index (χ3n) is 1.74. The lowest BCUT2D eigenvalue weighted by atomic mass is 10.4. The molecule has 2 heterocycles. The largest absolute Gasteiger partial charge is 0.281 e. The van der Waals surface area contributed by atoms with Crippen molar-refractivity contribution >= 4 is 50.7 Å². The van der Waals surface area contributed by atoms with Crippen LogP contribution in [-0.2, 0) is 0 Å². The predicted octanol–water partition coefficient (Wildman–Crippen LogP) is 3.48. The molecule has 88 valence electrons. The van der Waals surface area contributed by atoms with E-state index in [1.165, 1.54) is 23.6 Å². The van der Waals surface area contributed by atoms with Crippen LogP contribution in [0.25, 0.3) is 0 Å². The standard InChI is InChI=1S/C10H6BrFN2OS2/c11-6-3-8(16-5-6)10(15)14-13-4-7-1-2-9(12)17-7/h1-5H,(H,14,15)/b13-4+. The molecule has 0 fully saturated rings. The van der Waals surface area contributed by atoms with E-state index in [1.54, 1.807) is 12.1 Å². The van der Waals surface area contributed by atoms with Crippen molar-refractivity contribution in [1.82, 2.24) is 5.43 Å². The molecule has 0 aromatic carbocycles. The van der Waals surface area contributed by atoms with Crippen molar-refractivity contribution in [2.45, 2.75) is 0 Å². The third kappa shape index (κ3) is 3.45. The quantitative estimate of drug-likeness (QED) is 0.678. The Balaban J connectivity index is 1.94. The van der Waals surface area contributed by atoms with Crippen LogP contribution in [0.5, 0.6) is 0 Å². The fourth-order valence-corrected chi connectivity index (χ4v) is 2.96. The monoisotopic (exact) mass is 332 g/mol. The number of halogens is 2. The van der Waals surface area contributed by atoms with Crippen molar-refractivity contribution in [1.29, 1.82) is 0 Å². The van der Waals surface area contributed by atoms with Gasteiger partial charge in [-0.2, -0.15) is 9.49 Å². The Morgan fingerprint density at radius 3 is 2.94 bits per heavy atom. The molecule has 0 unspecified atom stereocenters. The van der Waals surface area contributed by atoms with Gasteiger partial charge in [0.05, 0.1) is 16.0 Å². The Morgan fingerprint density at radius 2 is 2.35 bits per heavy atom. The molecule has 0 bridgehead atoms. The molecule has 17 heavy (non-hydrogen) atoms. The van der Waals surface area contributed by atoms with E-state index in [-0.39, 0.29) is 11.0 Å². The average molecular weight is 333 g/mol. The van der Waals surface area contributed by atoms with E-state index >= 15 is 0 Å². The van der Waals surface area contributed by atoms with Gasteiger partial charge in [-0.1, -0.05) is 0 Å². The van der Waals surface area contributed by atoms with Gasteiger partial charge in [0.2, 0.25) is 0 Å². The summed E-state index contributed by atoms with van der Waals surface area (Å²) in [6, 6.07) is 4.65. The van der Waals surface area contributed by atoms with Crippen molar-refractivity contribution < 1.29 is 9.18 Å². The van der Waals surface area contributed by atoms with Crippen LogP contribution in [0.1, 0.15) is 14.5 Å². The summed E-state index contributed by atoms with van der Waals surface area (Å²) in [5.74, 6) is -0.283. The van der Waals surface area contributed by atoms with Gasteiger partial charge in [-0.25, -0.2) is 5.43 Å². The molecule has 0 spiro atoms. The number of rotatable bonds is 3. The van der Waals surface area contributed by atoms with Gasteiger partial charge in [0.1, 0.15) is 0 Å². The molecular formula is C10H6BrFN2OS2. The summed E-state index contributed by atoms with van der Waals surface area (Å²) in [7, 11) is 0. The summed E-state index contributed by atoms with van der Waals surface area (Å²) in [5, 5.41) is 5.29.